The molecule has 0 saturated heterocycles. The van der Waals surface area contributed by atoms with Gasteiger partial charge in [-0.15, -0.1) is 34.2 Å². The van der Waals surface area contributed by atoms with E-state index in [1.165, 1.54) is 5.56 Å². The van der Waals surface area contributed by atoms with E-state index in [0.717, 1.165) is 49.3 Å². The maximum Gasteiger partial charge on any atom is 0.191 e. The number of rotatable bonds is 8. The van der Waals surface area contributed by atoms with Crippen LogP contribution in [0, 0.1) is 0 Å². The van der Waals surface area contributed by atoms with Crippen LogP contribution in [-0.4, -0.2) is 40.4 Å². The summed E-state index contributed by atoms with van der Waals surface area (Å²) in [5, 5.41) is 15.4. The standard InChI is InChI=1S/C17H25ClN6.HI/c1-3-16-23-22-13-24(16)11-10-21-17(19-4-2)20-9-8-14-6-5-7-15(18)12-14;/h5-7,12-13H,3-4,8-11H2,1-2H3,(H2,19,20,21);1H. The zero-order valence-corrected chi connectivity index (χ0v) is 17.8. The highest BCUT2D eigenvalue weighted by atomic mass is 127. The van der Waals surface area contributed by atoms with Crippen LogP contribution in [0.2, 0.25) is 5.02 Å². The lowest BCUT2D eigenvalue weighted by Crippen LogP contribution is -2.39. The molecule has 0 radical (unpaired) electrons. The van der Waals surface area contributed by atoms with Gasteiger partial charge in [0.2, 0.25) is 0 Å². The highest BCUT2D eigenvalue weighted by Crippen LogP contribution is 2.10. The molecule has 2 rings (SSSR count). The van der Waals surface area contributed by atoms with Crippen LogP contribution in [0.1, 0.15) is 25.2 Å². The summed E-state index contributed by atoms with van der Waals surface area (Å²) in [6.07, 6.45) is 3.51. The maximum atomic E-state index is 6.01. The summed E-state index contributed by atoms with van der Waals surface area (Å²) in [5.41, 5.74) is 1.19. The fraction of sp³-hybridized carbons (Fsp3) is 0.471. The van der Waals surface area contributed by atoms with Gasteiger partial charge in [0, 0.05) is 37.6 Å². The molecule has 0 amide bonds. The van der Waals surface area contributed by atoms with Crippen LogP contribution in [0.5, 0.6) is 0 Å². The average molecular weight is 477 g/mol. The number of benzene rings is 1. The molecular weight excluding hydrogens is 451 g/mol. The van der Waals surface area contributed by atoms with Crippen molar-refractivity contribution >= 4 is 41.5 Å². The van der Waals surface area contributed by atoms with E-state index in [1.54, 1.807) is 6.33 Å². The van der Waals surface area contributed by atoms with E-state index in [4.69, 9.17) is 11.6 Å². The van der Waals surface area contributed by atoms with Crippen LogP contribution < -0.4 is 10.6 Å². The van der Waals surface area contributed by atoms with Crippen molar-refractivity contribution in [1.29, 1.82) is 0 Å². The Morgan fingerprint density at radius 2 is 2.12 bits per heavy atom. The summed E-state index contributed by atoms with van der Waals surface area (Å²) < 4.78 is 2.06. The molecule has 8 heteroatoms. The molecule has 0 atom stereocenters. The van der Waals surface area contributed by atoms with Crippen molar-refractivity contribution in [2.24, 2.45) is 4.99 Å². The fourth-order valence-corrected chi connectivity index (χ4v) is 2.58. The van der Waals surface area contributed by atoms with Gasteiger partial charge in [0.05, 0.1) is 0 Å². The number of hydrogen-bond acceptors (Lipinski definition) is 3. The van der Waals surface area contributed by atoms with Gasteiger partial charge in [-0.05, 0) is 31.0 Å². The zero-order valence-electron chi connectivity index (χ0n) is 14.7. The van der Waals surface area contributed by atoms with Crippen molar-refractivity contribution in [3.8, 4) is 0 Å². The summed E-state index contributed by atoms with van der Waals surface area (Å²) in [6.45, 7) is 7.26. The van der Waals surface area contributed by atoms with Crippen molar-refractivity contribution < 1.29 is 0 Å². The second-order valence-electron chi connectivity index (χ2n) is 5.36. The number of aromatic nitrogens is 3. The first kappa shape index (κ1) is 21.7. The smallest absolute Gasteiger partial charge is 0.191 e. The van der Waals surface area contributed by atoms with Gasteiger partial charge < -0.3 is 15.2 Å². The molecule has 2 N–H and O–H groups in total. The Morgan fingerprint density at radius 1 is 1.28 bits per heavy atom. The molecule has 0 spiro atoms. The van der Waals surface area contributed by atoms with Crippen LogP contribution in [0.25, 0.3) is 0 Å². The van der Waals surface area contributed by atoms with Gasteiger partial charge in [-0.25, -0.2) is 0 Å². The van der Waals surface area contributed by atoms with E-state index in [-0.39, 0.29) is 24.0 Å². The molecule has 138 valence electrons. The molecule has 0 bridgehead atoms. The molecule has 0 aliphatic heterocycles. The van der Waals surface area contributed by atoms with Gasteiger partial charge in [-0.3, -0.25) is 4.99 Å². The molecule has 0 aliphatic rings. The van der Waals surface area contributed by atoms with Crippen LogP contribution in [0.4, 0.5) is 0 Å². The Bertz CT molecular complexity index is 658. The predicted molar refractivity (Wildman–Crippen MR) is 114 cm³/mol. The maximum absolute atomic E-state index is 6.01. The monoisotopic (exact) mass is 476 g/mol. The Labute approximate surface area is 171 Å². The summed E-state index contributed by atoms with van der Waals surface area (Å²) in [5.74, 6) is 1.82. The van der Waals surface area contributed by atoms with E-state index in [0.29, 0.717) is 6.54 Å². The lowest BCUT2D eigenvalue weighted by Gasteiger charge is -2.12. The molecule has 1 heterocycles. The van der Waals surface area contributed by atoms with E-state index >= 15 is 0 Å². The molecule has 25 heavy (non-hydrogen) atoms. The topological polar surface area (TPSA) is 67.1 Å². The van der Waals surface area contributed by atoms with Gasteiger partial charge in [0.1, 0.15) is 12.2 Å². The Morgan fingerprint density at radius 3 is 2.84 bits per heavy atom. The summed E-state index contributed by atoms with van der Waals surface area (Å²) >= 11 is 6.01. The van der Waals surface area contributed by atoms with E-state index < -0.39 is 0 Å². The van der Waals surface area contributed by atoms with Gasteiger partial charge in [0.15, 0.2) is 5.96 Å². The fourth-order valence-electron chi connectivity index (χ4n) is 2.37. The minimum Gasteiger partial charge on any atom is -0.357 e. The second-order valence-corrected chi connectivity index (χ2v) is 5.80. The number of halogens is 2. The lowest BCUT2D eigenvalue weighted by molar-refractivity contribution is 0.632. The Hall–Kier alpha value is -1.35. The molecule has 0 unspecified atom stereocenters. The van der Waals surface area contributed by atoms with Crippen LogP contribution in [0.3, 0.4) is 0 Å². The van der Waals surface area contributed by atoms with Crippen molar-refractivity contribution in [3.05, 3.63) is 47.0 Å². The third-order valence-corrected chi connectivity index (χ3v) is 3.80. The first-order valence-electron chi connectivity index (χ1n) is 8.36. The summed E-state index contributed by atoms with van der Waals surface area (Å²) in [4.78, 5) is 4.61. The van der Waals surface area contributed by atoms with Crippen molar-refractivity contribution in [3.63, 3.8) is 0 Å². The number of hydrogen-bond donors (Lipinski definition) is 2. The largest absolute Gasteiger partial charge is 0.357 e. The van der Waals surface area contributed by atoms with Gasteiger partial charge >= 0.3 is 0 Å². The first-order chi connectivity index (χ1) is 11.7. The minimum atomic E-state index is 0. The second kappa shape index (κ2) is 12.1. The molecule has 0 fully saturated rings. The first-order valence-corrected chi connectivity index (χ1v) is 8.74. The molecule has 1 aromatic carbocycles. The van der Waals surface area contributed by atoms with E-state index in [9.17, 15) is 0 Å². The van der Waals surface area contributed by atoms with Crippen LogP contribution >= 0.6 is 35.6 Å². The van der Waals surface area contributed by atoms with Crippen molar-refractivity contribution in [1.82, 2.24) is 25.4 Å². The normalized spacial score (nSPS) is 11.1. The molecule has 0 saturated carbocycles. The van der Waals surface area contributed by atoms with Crippen molar-refractivity contribution in [2.75, 3.05) is 19.6 Å². The van der Waals surface area contributed by atoms with Crippen LogP contribution in [0.15, 0.2) is 35.6 Å². The predicted octanol–water partition coefficient (Wildman–Crippen LogP) is 2.91. The number of aliphatic imine (C=N–C) groups is 1. The third-order valence-electron chi connectivity index (χ3n) is 3.56. The van der Waals surface area contributed by atoms with Gasteiger partial charge in [-0.1, -0.05) is 30.7 Å². The molecule has 1 aromatic heterocycles. The number of nitrogens with zero attached hydrogens (tertiary/aromatic N) is 4. The summed E-state index contributed by atoms with van der Waals surface area (Å²) in [7, 11) is 0. The average Bonchev–Trinajstić information content (AvgIpc) is 3.02. The van der Waals surface area contributed by atoms with Gasteiger partial charge in [-0.2, -0.15) is 0 Å². The summed E-state index contributed by atoms with van der Waals surface area (Å²) in [6, 6.07) is 7.90. The molecular formula is C17H26ClIN6. The SMILES string of the molecule is CCNC(=NCCc1cccc(Cl)c1)NCCn1cnnc1CC.I. The zero-order chi connectivity index (χ0) is 17.2. The van der Waals surface area contributed by atoms with Crippen LogP contribution in [-0.2, 0) is 19.4 Å². The van der Waals surface area contributed by atoms with E-state index in [2.05, 4.69) is 50.3 Å². The highest BCUT2D eigenvalue weighted by molar-refractivity contribution is 14.0. The molecule has 0 aliphatic carbocycles. The van der Waals surface area contributed by atoms with E-state index in [1.807, 2.05) is 18.2 Å². The molecule has 6 nitrogen and oxygen atoms in total. The highest BCUT2D eigenvalue weighted by Gasteiger charge is 2.02. The third kappa shape index (κ3) is 7.60. The number of guanidine groups is 1. The number of nitrogens with one attached hydrogen (secondary N) is 2. The molecule has 2 aromatic rings. The number of aryl methyl sites for hydroxylation is 1. The lowest BCUT2D eigenvalue weighted by atomic mass is 10.1. The van der Waals surface area contributed by atoms with Crippen molar-refractivity contribution in [2.45, 2.75) is 33.2 Å². The Kier molecular flexibility index (Phi) is 10.5. The quantitative estimate of drug-likeness (QED) is 0.349. The van der Waals surface area contributed by atoms with Gasteiger partial charge in [0.25, 0.3) is 0 Å². The Balaban J connectivity index is 0.00000312. The minimum absolute atomic E-state index is 0.